The number of allylic oxidation sites excluding steroid dienone is 3. The molecule has 122 valence electrons. The maximum absolute atomic E-state index is 9.62. The van der Waals surface area contributed by atoms with Gasteiger partial charge in [0.15, 0.2) is 0 Å². The quantitative estimate of drug-likeness (QED) is 0.733. The Morgan fingerprint density at radius 3 is 2.52 bits per heavy atom. The van der Waals surface area contributed by atoms with Crippen molar-refractivity contribution in [2.45, 2.75) is 53.1 Å². The molecule has 0 aromatic heterocycles. The third-order valence-electron chi connectivity index (χ3n) is 4.94. The van der Waals surface area contributed by atoms with Crippen LogP contribution in [0.1, 0.15) is 47.0 Å². The van der Waals surface area contributed by atoms with Crippen LogP contribution < -0.4 is 11.1 Å². The number of nitrogens with one attached hydrogen (secondary N) is 1. The lowest BCUT2D eigenvalue weighted by molar-refractivity contribution is 0.188. The summed E-state index contributed by atoms with van der Waals surface area (Å²) in [6, 6.07) is 0. The van der Waals surface area contributed by atoms with E-state index in [4.69, 9.17) is 5.73 Å². The van der Waals surface area contributed by atoms with Crippen LogP contribution in [0.5, 0.6) is 0 Å². The van der Waals surface area contributed by atoms with Crippen LogP contribution >= 0.6 is 0 Å². The highest BCUT2D eigenvalue weighted by molar-refractivity contribution is 5.25. The van der Waals surface area contributed by atoms with E-state index in [0.29, 0.717) is 5.76 Å². The molecule has 2 rings (SSSR count). The molecule has 4 heteroatoms. The predicted octanol–water partition coefficient (Wildman–Crippen LogP) is 2.78. The molecule has 2 unspecified atom stereocenters. The van der Waals surface area contributed by atoms with Gasteiger partial charge < -0.3 is 16.2 Å². The van der Waals surface area contributed by atoms with Gasteiger partial charge in [-0.1, -0.05) is 19.9 Å². The maximum Gasteiger partial charge on any atom is 0.114 e. The molecule has 1 saturated heterocycles. The molecule has 0 aromatic carbocycles. The molecule has 2 aliphatic rings. The highest BCUT2D eigenvalue weighted by atomic mass is 16.3. The number of hydrogen-bond acceptors (Lipinski definition) is 4. The van der Waals surface area contributed by atoms with Crippen molar-refractivity contribution in [3.8, 4) is 0 Å². The van der Waals surface area contributed by atoms with Crippen molar-refractivity contribution in [2.75, 3.05) is 26.2 Å². The van der Waals surface area contributed by atoms with Crippen molar-refractivity contribution in [3.63, 3.8) is 0 Å². The minimum Gasteiger partial charge on any atom is -0.508 e. The number of nitrogens with two attached hydrogens (primary N) is 1. The van der Waals surface area contributed by atoms with Gasteiger partial charge in [0, 0.05) is 26.2 Å². The Kier molecular flexibility index (Phi) is 7.43. The van der Waals surface area contributed by atoms with Crippen LogP contribution in [0.3, 0.4) is 0 Å². The normalized spacial score (nSPS) is 28.6. The molecule has 0 bridgehead atoms. The Morgan fingerprint density at radius 1 is 1.43 bits per heavy atom. The van der Waals surface area contributed by atoms with Crippen molar-refractivity contribution < 1.29 is 5.11 Å². The third-order valence-corrected chi connectivity index (χ3v) is 4.94. The smallest absolute Gasteiger partial charge is 0.114 e. The van der Waals surface area contributed by atoms with Gasteiger partial charge >= 0.3 is 0 Å². The molecule has 4 nitrogen and oxygen atoms in total. The molecular formula is C17H33N3O. The second-order valence-electron chi connectivity index (χ2n) is 6.39. The monoisotopic (exact) mass is 295 g/mol. The predicted molar refractivity (Wildman–Crippen MR) is 90.2 cm³/mol. The van der Waals surface area contributed by atoms with E-state index >= 15 is 0 Å². The first-order chi connectivity index (χ1) is 9.90. The zero-order valence-corrected chi connectivity index (χ0v) is 14.2. The molecule has 0 radical (unpaired) electrons. The van der Waals surface area contributed by atoms with Crippen molar-refractivity contribution in [3.05, 3.63) is 23.5 Å². The molecule has 4 N–H and O–H groups in total. The van der Waals surface area contributed by atoms with Crippen LogP contribution in [0.25, 0.3) is 0 Å². The van der Waals surface area contributed by atoms with Crippen LogP contribution in [0.2, 0.25) is 0 Å². The van der Waals surface area contributed by atoms with Gasteiger partial charge in [0.2, 0.25) is 0 Å². The first kappa shape index (κ1) is 18.2. The van der Waals surface area contributed by atoms with Crippen LogP contribution in [0.15, 0.2) is 23.5 Å². The fraction of sp³-hybridized carbons (Fsp3) is 0.765. The minimum absolute atomic E-state index is 0.202. The van der Waals surface area contributed by atoms with E-state index in [1.165, 1.54) is 0 Å². The van der Waals surface area contributed by atoms with Gasteiger partial charge in [-0.05, 0) is 50.2 Å². The van der Waals surface area contributed by atoms with Gasteiger partial charge in [0.1, 0.15) is 5.76 Å². The van der Waals surface area contributed by atoms with Gasteiger partial charge in [-0.2, -0.15) is 0 Å². The lowest BCUT2D eigenvalue weighted by atomic mass is 9.77. The van der Waals surface area contributed by atoms with Crippen LogP contribution in [-0.2, 0) is 0 Å². The van der Waals surface area contributed by atoms with Gasteiger partial charge in [-0.25, -0.2) is 0 Å². The summed E-state index contributed by atoms with van der Waals surface area (Å²) in [7, 11) is 0. The molecular weight excluding hydrogens is 262 g/mol. The van der Waals surface area contributed by atoms with Crippen LogP contribution in [0, 0.1) is 5.41 Å². The fourth-order valence-electron chi connectivity index (χ4n) is 2.75. The second kappa shape index (κ2) is 8.57. The summed E-state index contributed by atoms with van der Waals surface area (Å²) in [5.74, 6) is 0.469. The zero-order valence-electron chi connectivity index (χ0n) is 14.2. The average molecular weight is 295 g/mol. The van der Waals surface area contributed by atoms with E-state index in [9.17, 15) is 5.11 Å². The van der Waals surface area contributed by atoms with Gasteiger partial charge in [0.25, 0.3) is 0 Å². The van der Waals surface area contributed by atoms with Gasteiger partial charge in [0.05, 0.1) is 6.17 Å². The number of aliphatic hydroxyl groups excluding tert-OH is 1. The van der Waals surface area contributed by atoms with Crippen LogP contribution in [0.4, 0.5) is 0 Å². The fourth-order valence-corrected chi connectivity index (χ4v) is 2.75. The molecule has 1 aliphatic carbocycles. The third kappa shape index (κ3) is 5.46. The Balaban J connectivity index is 0.000000219. The van der Waals surface area contributed by atoms with E-state index in [1.54, 1.807) is 0 Å². The summed E-state index contributed by atoms with van der Waals surface area (Å²) in [4.78, 5) is 2.27. The van der Waals surface area contributed by atoms with Gasteiger partial charge in [-0.15, -0.1) is 0 Å². The summed E-state index contributed by atoms with van der Waals surface area (Å²) in [5, 5.41) is 12.9. The summed E-state index contributed by atoms with van der Waals surface area (Å²) in [6.45, 7) is 12.8. The topological polar surface area (TPSA) is 61.5 Å². The maximum atomic E-state index is 9.62. The van der Waals surface area contributed by atoms with E-state index in [2.05, 4.69) is 30.1 Å². The van der Waals surface area contributed by atoms with Crippen molar-refractivity contribution in [1.82, 2.24) is 10.2 Å². The van der Waals surface area contributed by atoms with Crippen molar-refractivity contribution in [1.29, 1.82) is 0 Å². The van der Waals surface area contributed by atoms with Crippen molar-refractivity contribution >= 4 is 0 Å². The molecule has 0 amide bonds. The second-order valence-corrected chi connectivity index (χ2v) is 6.39. The molecule has 1 heterocycles. The summed E-state index contributed by atoms with van der Waals surface area (Å²) < 4.78 is 0. The number of hydrogen-bond donors (Lipinski definition) is 3. The van der Waals surface area contributed by atoms with E-state index < -0.39 is 0 Å². The summed E-state index contributed by atoms with van der Waals surface area (Å²) in [6.07, 6.45) is 7.44. The first-order valence-corrected chi connectivity index (χ1v) is 8.18. The highest BCUT2D eigenvalue weighted by Crippen LogP contribution is 2.38. The Hall–Kier alpha value is -0.840. The lowest BCUT2D eigenvalue weighted by Crippen LogP contribution is -2.50. The van der Waals surface area contributed by atoms with Crippen LogP contribution in [-0.4, -0.2) is 42.4 Å². The molecule has 0 aromatic rings. The minimum atomic E-state index is 0.202. The standard InChI is InChI=1S/C11H18O.C6H15N3/c1-4-11(3)8-6-5-7-10(12)9(11)2;1-6(7)9-4-2-8-3-5-9/h5,7,12H,4,6,8H2,1-3H3;6,8H,2-5,7H2,1H3. The van der Waals surface area contributed by atoms with Gasteiger partial charge in [-0.3, -0.25) is 4.90 Å². The molecule has 0 spiro atoms. The highest BCUT2D eigenvalue weighted by Gasteiger charge is 2.26. The lowest BCUT2D eigenvalue weighted by Gasteiger charge is -2.30. The number of rotatable bonds is 2. The first-order valence-electron chi connectivity index (χ1n) is 8.18. The summed E-state index contributed by atoms with van der Waals surface area (Å²) in [5.41, 5.74) is 7.00. The van der Waals surface area contributed by atoms with E-state index in [-0.39, 0.29) is 11.6 Å². The molecule has 2 atom stereocenters. The van der Waals surface area contributed by atoms with E-state index in [0.717, 1.165) is 51.0 Å². The number of piperazine rings is 1. The zero-order chi connectivity index (χ0) is 15.9. The average Bonchev–Trinajstić information content (AvgIpc) is 2.63. The van der Waals surface area contributed by atoms with Crippen molar-refractivity contribution in [2.24, 2.45) is 11.1 Å². The molecule has 1 aliphatic heterocycles. The molecule has 0 saturated carbocycles. The largest absolute Gasteiger partial charge is 0.508 e. The Bertz CT molecular complexity index is 370. The number of nitrogens with zero attached hydrogens (tertiary/aromatic N) is 1. The summed E-state index contributed by atoms with van der Waals surface area (Å²) >= 11 is 0. The Morgan fingerprint density at radius 2 is 2.05 bits per heavy atom. The molecule has 1 fully saturated rings. The SMILES string of the molecule is CC(N)N1CCNCC1.CCC1(C)CCC=CC(O)=C1C. The Labute approximate surface area is 130 Å². The number of aliphatic hydroxyl groups is 1. The van der Waals surface area contributed by atoms with E-state index in [1.807, 2.05) is 19.9 Å². The molecule has 21 heavy (non-hydrogen) atoms.